The molecule has 0 heterocycles. The van der Waals surface area contributed by atoms with Gasteiger partial charge in [-0.15, -0.1) is 12.8 Å². The molecule has 3 rings (SSSR count). The third-order valence-corrected chi connectivity index (χ3v) is 6.48. The van der Waals surface area contributed by atoms with Crippen molar-refractivity contribution < 1.29 is 9.47 Å². The predicted molar refractivity (Wildman–Crippen MR) is 160 cm³/mol. The fourth-order valence-corrected chi connectivity index (χ4v) is 5.00. The van der Waals surface area contributed by atoms with Crippen molar-refractivity contribution in [2.75, 3.05) is 13.2 Å². The molecule has 2 aromatic rings. The van der Waals surface area contributed by atoms with Crippen LogP contribution < -0.4 is 0 Å². The maximum Gasteiger partial charge on any atom is 0.148 e. The van der Waals surface area contributed by atoms with Crippen LogP contribution in [0.1, 0.15) is 38.8 Å². The third-order valence-electron chi connectivity index (χ3n) is 6.48. The molecule has 0 aliphatic heterocycles. The van der Waals surface area contributed by atoms with E-state index in [9.17, 15) is 0 Å². The zero-order valence-electron chi connectivity index (χ0n) is 22.8. The first-order valence-electron chi connectivity index (χ1n) is 12.8. The van der Waals surface area contributed by atoms with E-state index < -0.39 is 5.41 Å². The van der Waals surface area contributed by atoms with E-state index in [1.807, 2.05) is 25.2 Å². The fourth-order valence-electron chi connectivity index (χ4n) is 5.00. The van der Waals surface area contributed by atoms with E-state index in [2.05, 4.69) is 112 Å². The maximum absolute atomic E-state index is 5.87. The molecule has 0 amide bonds. The normalized spacial score (nSPS) is 15.0. The number of rotatable bonds is 11. The molecular weight excluding hydrogens is 464 g/mol. The molecule has 0 spiro atoms. The maximum atomic E-state index is 5.87. The predicted octanol–water partition coefficient (Wildman–Crippen LogP) is 8.31. The fraction of sp³-hybridized carbons (Fsp3) is 0.222. The average molecular weight is 501 g/mol. The number of hydrogen-bond acceptors (Lipinski definition) is 2. The lowest BCUT2D eigenvalue weighted by atomic mass is 9.66. The quantitative estimate of drug-likeness (QED) is 0.175. The first kappa shape index (κ1) is 28.2. The Balaban J connectivity index is 2.32. The first-order valence-corrected chi connectivity index (χ1v) is 12.8. The number of fused-ring (bicyclic) bond motifs is 3. The Morgan fingerprint density at radius 1 is 0.895 bits per heavy atom. The van der Waals surface area contributed by atoms with Crippen LogP contribution in [0.4, 0.5) is 0 Å². The molecule has 0 radical (unpaired) electrons. The van der Waals surface area contributed by atoms with Gasteiger partial charge in [0.15, 0.2) is 0 Å². The van der Waals surface area contributed by atoms with E-state index in [4.69, 9.17) is 22.3 Å². The molecule has 2 aromatic carbocycles. The molecule has 0 aromatic heterocycles. The van der Waals surface area contributed by atoms with Gasteiger partial charge < -0.3 is 9.47 Å². The molecule has 0 fully saturated rings. The number of allylic oxidation sites excluding steroid dienone is 10. The van der Waals surface area contributed by atoms with E-state index in [0.29, 0.717) is 5.92 Å². The van der Waals surface area contributed by atoms with Crippen LogP contribution in [0.25, 0.3) is 11.1 Å². The van der Waals surface area contributed by atoms with Crippen LogP contribution in [0, 0.1) is 30.6 Å². The van der Waals surface area contributed by atoms with Crippen LogP contribution >= 0.6 is 0 Å². The van der Waals surface area contributed by atoms with Gasteiger partial charge >= 0.3 is 0 Å². The summed E-state index contributed by atoms with van der Waals surface area (Å²) in [4.78, 5) is 0. The molecule has 0 unspecified atom stereocenters. The van der Waals surface area contributed by atoms with Crippen LogP contribution in [0.3, 0.4) is 0 Å². The summed E-state index contributed by atoms with van der Waals surface area (Å²) in [6, 6.07) is 17.1. The Morgan fingerprint density at radius 3 is 2.00 bits per heavy atom. The summed E-state index contributed by atoms with van der Waals surface area (Å²) in [5.41, 5.74) is 6.31. The summed E-state index contributed by atoms with van der Waals surface area (Å²) in [5.74, 6) is 6.88. The number of terminal acetylenes is 2. The molecule has 2 nitrogen and oxygen atoms in total. The lowest BCUT2D eigenvalue weighted by molar-refractivity contribution is 0.256. The lowest BCUT2D eigenvalue weighted by Crippen LogP contribution is -2.29. The van der Waals surface area contributed by atoms with E-state index in [-0.39, 0.29) is 13.2 Å². The van der Waals surface area contributed by atoms with Gasteiger partial charge in [-0.3, -0.25) is 0 Å². The van der Waals surface area contributed by atoms with Gasteiger partial charge in [0, 0.05) is 0 Å². The van der Waals surface area contributed by atoms with Crippen LogP contribution in [0.5, 0.6) is 0 Å². The third kappa shape index (κ3) is 5.77. The highest BCUT2D eigenvalue weighted by atomic mass is 16.5. The molecule has 0 saturated carbocycles. The minimum Gasteiger partial charge on any atom is -0.486 e. The zero-order valence-corrected chi connectivity index (χ0v) is 22.8. The molecule has 38 heavy (non-hydrogen) atoms. The second-order valence-corrected chi connectivity index (χ2v) is 9.32. The molecule has 0 bridgehead atoms. The van der Waals surface area contributed by atoms with Gasteiger partial charge in [0.05, 0.1) is 11.2 Å². The van der Waals surface area contributed by atoms with E-state index in [0.717, 1.165) is 22.7 Å². The second kappa shape index (κ2) is 13.2. The highest BCUT2D eigenvalue weighted by Gasteiger charge is 2.46. The molecule has 192 valence electrons. The van der Waals surface area contributed by atoms with Gasteiger partial charge in [-0.05, 0) is 71.4 Å². The summed E-state index contributed by atoms with van der Waals surface area (Å²) in [7, 11) is 0. The topological polar surface area (TPSA) is 18.5 Å². The first-order chi connectivity index (χ1) is 18.4. The molecule has 2 heteroatoms. The zero-order chi connectivity index (χ0) is 27.5. The minimum atomic E-state index is -0.599. The number of benzene rings is 2. The molecule has 0 saturated heterocycles. The smallest absolute Gasteiger partial charge is 0.148 e. The van der Waals surface area contributed by atoms with Crippen LogP contribution in [-0.2, 0) is 14.9 Å². The monoisotopic (exact) mass is 500 g/mol. The lowest BCUT2D eigenvalue weighted by Gasteiger charge is -2.35. The minimum absolute atomic E-state index is 0.213. The Hall–Kier alpha value is -4.40. The van der Waals surface area contributed by atoms with Crippen molar-refractivity contribution in [1.82, 2.24) is 0 Å². The van der Waals surface area contributed by atoms with E-state index in [1.54, 1.807) is 0 Å². The van der Waals surface area contributed by atoms with Crippen molar-refractivity contribution in [1.29, 1.82) is 0 Å². The molecule has 0 atom stereocenters. The van der Waals surface area contributed by atoms with Gasteiger partial charge in [0.25, 0.3) is 0 Å². The summed E-state index contributed by atoms with van der Waals surface area (Å²) >= 11 is 0. The molecule has 1 aliphatic carbocycles. The molecule has 1 aliphatic rings. The van der Waals surface area contributed by atoms with Gasteiger partial charge in [0.2, 0.25) is 0 Å². The average Bonchev–Trinajstić information content (AvgIpc) is 3.22. The number of hydrogen-bond donors (Lipinski definition) is 0. The van der Waals surface area contributed by atoms with E-state index in [1.165, 1.54) is 22.3 Å². The highest BCUT2D eigenvalue weighted by molar-refractivity contribution is 5.87. The summed E-state index contributed by atoms with van der Waals surface area (Å²) in [6.45, 7) is 12.9. The summed E-state index contributed by atoms with van der Waals surface area (Å²) in [5, 5.41) is 0. The Labute approximate surface area is 228 Å². The van der Waals surface area contributed by atoms with Crippen molar-refractivity contribution >= 4 is 0 Å². The van der Waals surface area contributed by atoms with Crippen molar-refractivity contribution in [2.24, 2.45) is 5.92 Å². The Bertz CT molecular complexity index is 1350. The highest BCUT2D eigenvalue weighted by Crippen LogP contribution is 2.57. The van der Waals surface area contributed by atoms with Gasteiger partial charge in [0.1, 0.15) is 19.0 Å². The second-order valence-electron chi connectivity index (χ2n) is 9.32. The van der Waals surface area contributed by atoms with Crippen molar-refractivity contribution in [3.8, 4) is 35.8 Å². The van der Waals surface area contributed by atoms with Crippen molar-refractivity contribution in [3.05, 3.63) is 131 Å². The molecular formula is C36H36O2. The van der Waals surface area contributed by atoms with Crippen LogP contribution in [0.2, 0.25) is 0 Å². The van der Waals surface area contributed by atoms with Crippen molar-refractivity contribution in [3.63, 3.8) is 0 Å². The summed E-state index contributed by atoms with van der Waals surface area (Å²) in [6.07, 6.45) is 25.2. The van der Waals surface area contributed by atoms with Gasteiger partial charge in [-0.2, -0.15) is 0 Å². The van der Waals surface area contributed by atoms with Gasteiger partial charge in [-0.1, -0.05) is 105 Å². The Kier molecular flexibility index (Phi) is 9.81. The van der Waals surface area contributed by atoms with Crippen LogP contribution in [-0.4, -0.2) is 13.2 Å². The van der Waals surface area contributed by atoms with E-state index >= 15 is 0 Å². The number of ether oxygens (including phenoxy) is 2. The van der Waals surface area contributed by atoms with Crippen molar-refractivity contribution in [2.45, 2.75) is 33.1 Å². The van der Waals surface area contributed by atoms with Gasteiger partial charge in [-0.25, -0.2) is 0 Å². The Morgan fingerprint density at radius 2 is 1.47 bits per heavy atom. The largest absolute Gasteiger partial charge is 0.486 e. The summed E-state index contributed by atoms with van der Waals surface area (Å²) < 4.78 is 11.5. The standard InChI is InChI=1S/C36H36O2/c1-8-24-37-28(7)20-21-29(10-3)36(30(11-4)22-23-31(26-27(5)6)38-25-9-2)34-18-14-12-16-32(34)33-17-13-15-19-35(33)36/h1-2,10-23,26-27H,3,24-25H2,4-7H3/b23-22-,28-20+,29-21+,30-11+,31-26-. The van der Waals surface area contributed by atoms with Crippen LogP contribution in [0.15, 0.2) is 120 Å². The SMILES string of the molecule is C#CCOC(/C=C\C(=C/C)C1(/C(C=C)=C/C=C(\C)OCC#C)c2ccccc2-c2ccccc21)=C\C(C)C. The molecule has 0 N–H and O–H groups in total.